The van der Waals surface area contributed by atoms with Crippen molar-refractivity contribution >= 4 is 11.0 Å². The zero-order chi connectivity index (χ0) is 21.4. The number of para-hydroxylation sites is 2. The highest BCUT2D eigenvalue weighted by Gasteiger charge is 2.29. The summed E-state index contributed by atoms with van der Waals surface area (Å²) in [5, 5.41) is 0.503. The summed E-state index contributed by atoms with van der Waals surface area (Å²) in [6.07, 6.45) is 6.24. The van der Waals surface area contributed by atoms with Crippen LogP contribution in [0, 0.1) is 6.92 Å². The molecule has 2 aliphatic rings. The van der Waals surface area contributed by atoms with Gasteiger partial charge in [-0.05, 0) is 44.0 Å². The Balaban J connectivity index is 1.54. The number of methoxy groups -OCH3 is 1. The monoisotopic (exact) mass is 421 g/mol. The van der Waals surface area contributed by atoms with Crippen LogP contribution in [0.3, 0.4) is 0 Å². The Kier molecular flexibility index (Phi) is 5.32. The van der Waals surface area contributed by atoms with Gasteiger partial charge >= 0.3 is 0 Å². The lowest BCUT2D eigenvalue weighted by molar-refractivity contribution is 0.0406. The maximum atomic E-state index is 13.3. The van der Waals surface area contributed by atoms with E-state index in [1.165, 1.54) is 32.1 Å². The average molecular weight is 421 g/mol. The van der Waals surface area contributed by atoms with Gasteiger partial charge in [-0.15, -0.1) is 0 Å². The zero-order valence-electron chi connectivity index (χ0n) is 18.0. The first kappa shape index (κ1) is 19.9. The summed E-state index contributed by atoms with van der Waals surface area (Å²) in [6, 6.07) is 11.4. The molecule has 6 heteroatoms. The molecule has 31 heavy (non-hydrogen) atoms. The van der Waals surface area contributed by atoms with Crippen LogP contribution in [0.15, 0.2) is 45.6 Å². The lowest BCUT2D eigenvalue weighted by atomic mass is 9.93. The average Bonchev–Trinajstić information content (AvgIpc) is 2.82. The van der Waals surface area contributed by atoms with Gasteiger partial charge in [-0.25, -0.2) is 0 Å². The van der Waals surface area contributed by atoms with Crippen molar-refractivity contribution in [2.24, 2.45) is 0 Å². The molecule has 5 rings (SSSR count). The number of rotatable bonds is 4. The third-order valence-corrected chi connectivity index (χ3v) is 6.36. The predicted octanol–water partition coefficient (Wildman–Crippen LogP) is 5.39. The standard InChI is InChI=1S/C25H27NO5/c1-16-24(31-22-11-7-6-10-21(22)28-2)23(27)18-12-13-20-19(25(18)30-16)14-26(15-29-20)17-8-4-3-5-9-17/h6-7,10-13,17H,3-5,8-9,14-15H2,1-2H3. The summed E-state index contributed by atoms with van der Waals surface area (Å²) >= 11 is 0. The van der Waals surface area contributed by atoms with E-state index in [2.05, 4.69) is 4.90 Å². The van der Waals surface area contributed by atoms with Crippen LogP contribution in [-0.2, 0) is 6.54 Å². The molecule has 162 valence electrons. The molecule has 1 fully saturated rings. The molecule has 2 aromatic carbocycles. The van der Waals surface area contributed by atoms with E-state index in [4.69, 9.17) is 18.6 Å². The molecule has 3 aromatic rings. The first-order valence-electron chi connectivity index (χ1n) is 10.9. The Morgan fingerprint density at radius 2 is 1.81 bits per heavy atom. The molecule has 0 spiro atoms. The van der Waals surface area contributed by atoms with Crippen molar-refractivity contribution in [1.29, 1.82) is 0 Å². The van der Waals surface area contributed by atoms with Crippen LogP contribution in [0.5, 0.6) is 23.0 Å². The van der Waals surface area contributed by atoms with Gasteiger partial charge in [0, 0.05) is 12.6 Å². The molecule has 1 saturated carbocycles. The van der Waals surface area contributed by atoms with Crippen LogP contribution in [0.1, 0.15) is 43.4 Å². The highest BCUT2D eigenvalue weighted by molar-refractivity contribution is 5.83. The minimum atomic E-state index is -0.192. The molecule has 0 radical (unpaired) electrons. The molecular weight excluding hydrogens is 394 g/mol. The van der Waals surface area contributed by atoms with Gasteiger partial charge in [0.15, 0.2) is 11.5 Å². The van der Waals surface area contributed by atoms with Crippen LogP contribution >= 0.6 is 0 Å². The molecule has 0 N–H and O–H groups in total. The van der Waals surface area contributed by atoms with E-state index < -0.39 is 0 Å². The number of nitrogens with zero attached hydrogens (tertiary/aromatic N) is 1. The largest absolute Gasteiger partial charge is 0.493 e. The molecule has 2 heterocycles. The van der Waals surface area contributed by atoms with E-state index in [-0.39, 0.29) is 11.2 Å². The molecule has 0 unspecified atom stereocenters. The van der Waals surface area contributed by atoms with Crippen LogP contribution in [-0.4, -0.2) is 24.8 Å². The highest BCUT2D eigenvalue weighted by atomic mass is 16.5. The zero-order valence-corrected chi connectivity index (χ0v) is 18.0. The Morgan fingerprint density at radius 3 is 2.58 bits per heavy atom. The van der Waals surface area contributed by atoms with Crippen LogP contribution in [0.2, 0.25) is 0 Å². The van der Waals surface area contributed by atoms with Crippen molar-refractivity contribution in [2.45, 2.75) is 51.6 Å². The van der Waals surface area contributed by atoms with Crippen molar-refractivity contribution < 1.29 is 18.6 Å². The summed E-state index contributed by atoms with van der Waals surface area (Å²) in [6.45, 7) is 3.07. The fourth-order valence-electron chi connectivity index (χ4n) is 4.68. The van der Waals surface area contributed by atoms with Crippen molar-refractivity contribution in [3.05, 3.63) is 57.9 Å². The topological polar surface area (TPSA) is 61.1 Å². The van der Waals surface area contributed by atoms with Crippen LogP contribution in [0.4, 0.5) is 0 Å². The Hall–Kier alpha value is -2.99. The fourth-order valence-corrected chi connectivity index (χ4v) is 4.68. The first-order chi connectivity index (χ1) is 15.2. The van der Waals surface area contributed by atoms with E-state index in [1.54, 1.807) is 32.2 Å². The van der Waals surface area contributed by atoms with Gasteiger partial charge in [0.25, 0.3) is 0 Å². The maximum Gasteiger partial charge on any atom is 0.235 e. The molecule has 0 saturated heterocycles. The van der Waals surface area contributed by atoms with Gasteiger partial charge < -0.3 is 18.6 Å². The van der Waals surface area contributed by atoms with E-state index in [0.29, 0.717) is 41.0 Å². The van der Waals surface area contributed by atoms with Gasteiger partial charge in [-0.3, -0.25) is 9.69 Å². The quantitative estimate of drug-likeness (QED) is 0.563. The van der Waals surface area contributed by atoms with Gasteiger partial charge in [-0.1, -0.05) is 31.4 Å². The van der Waals surface area contributed by atoms with Crippen molar-refractivity contribution in [2.75, 3.05) is 13.8 Å². The number of hydrogen-bond donors (Lipinski definition) is 0. The number of aryl methyl sites for hydroxylation is 1. The molecule has 1 aliphatic carbocycles. The second-order valence-electron chi connectivity index (χ2n) is 8.30. The smallest absolute Gasteiger partial charge is 0.235 e. The lowest BCUT2D eigenvalue weighted by Gasteiger charge is -2.37. The van der Waals surface area contributed by atoms with Gasteiger partial charge in [0.2, 0.25) is 11.2 Å². The normalized spacial score (nSPS) is 17.2. The van der Waals surface area contributed by atoms with Gasteiger partial charge in [-0.2, -0.15) is 0 Å². The van der Waals surface area contributed by atoms with Crippen LogP contribution in [0.25, 0.3) is 11.0 Å². The Labute approximate surface area is 181 Å². The van der Waals surface area contributed by atoms with E-state index in [9.17, 15) is 4.79 Å². The lowest BCUT2D eigenvalue weighted by Crippen LogP contribution is -2.41. The molecule has 0 atom stereocenters. The second kappa shape index (κ2) is 8.27. The maximum absolute atomic E-state index is 13.3. The molecule has 1 aliphatic heterocycles. The Bertz CT molecular complexity index is 1160. The second-order valence-corrected chi connectivity index (χ2v) is 8.30. The first-order valence-corrected chi connectivity index (χ1v) is 10.9. The summed E-state index contributed by atoms with van der Waals surface area (Å²) in [7, 11) is 1.57. The van der Waals surface area contributed by atoms with Crippen LogP contribution < -0.4 is 19.6 Å². The number of hydrogen-bond acceptors (Lipinski definition) is 6. The van der Waals surface area contributed by atoms with Crippen molar-refractivity contribution in [3.8, 4) is 23.0 Å². The van der Waals surface area contributed by atoms with E-state index >= 15 is 0 Å². The summed E-state index contributed by atoms with van der Waals surface area (Å²) in [5.41, 5.74) is 1.34. The molecule has 0 bridgehead atoms. The predicted molar refractivity (Wildman–Crippen MR) is 118 cm³/mol. The summed E-state index contributed by atoms with van der Waals surface area (Å²) in [4.78, 5) is 15.7. The van der Waals surface area contributed by atoms with Crippen molar-refractivity contribution in [1.82, 2.24) is 4.90 Å². The number of fused-ring (bicyclic) bond motifs is 3. The van der Waals surface area contributed by atoms with Crippen molar-refractivity contribution in [3.63, 3.8) is 0 Å². The third-order valence-electron chi connectivity index (χ3n) is 6.36. The Morgan fingerprint density at radius 1 is 1.03 bits per heavy atom. The third kappa shape index (κ3) is 3.65. The molecular formula is C25H27NO5. The molecule has 0 amide bonds. The van der Waals surface area contributed by atoms with Gasteiger partial charge in [0.1, 0.15) is 23.8 Å². The number of benzene rings is 2. The number of ether oxygens (including phenoxy) is 3. The minimum absolute atomic E-state index is 0.179. The molecule has 1 aromatic heterocycles. The summed E-state index contributed by atoms with van der Waals surface area (Å²) in [5.74, 6) is 2.44. The summed E-state index contributed by atoms with van der Waals surface area (Å²) < 4.78 is 23.5. The minimum Gasteiger partial charge on any atom is -0.493 e. The fraction of sp³-hybridized carbons (Fsp3) is 0.400. The van der Waals surface area contributed by atoms with Gasteiger partial charge in [0.05, 0.1) is 18.1 Å². The van der Waals surface area contributed by atoms with E-state index in [0.717, 1.165) is 17.9 Å². The highest BCUT2D eigenvalue weighted by Crippen LogP contribution is 2.37. The van der Waals surface area contributed by atoms with E-state index in [1.807, 2.05) is 18.2 Å². The molecule has 6 nitrogen and oxygen atoms in total. The SMILES string of the molecule is COc1ccccc1Oc1c(C)oc2c3c(ccc2c1=O)OCN(C1CCCCC1)C3.